The molecule has 0 spiro atoms. The summed E-state index contributed by atoms with van der Waals surface area (Å²) in [5.74, 6) is 0.209. The number of amides is 2. The molecule has 3 unspecified atom stereocenters. The Morgan fingerprint density at radius 1 is 1.42 bits per heavy atom. The van der Waals surface area contributed by atoms with Gasteiger partial charge in [0.05, 0.1) is 12.5 Å². The van der Waals surface area contributed by atoms with E-state index in [9.17, 15) is 9.59 Å². The predicted molar refractivity (Wildman–Crippen MR) is 71.0 cm³/mol. The molecule has 2 amide bonds. The SMILES string of the molecule is COC(CNC(=O)N1CCC(C)C(C)C1)CC(=O)O. The van der Waals surface area contributed by atoms with Crippen molar-refractivity contribution in [3.05, 3.63) is 0 Å². The highest BCUT2D eigenvalue weighted by Crippen LogP contribution is 2.22. The van der Waals surface area contributed by atoms with Gasteiger partial charge in [-0.2, -0.15) is 0 Å². The van der Waals surface area contributed by atoms with E-state index >= 15 is 0 Å². The van der Waals surface area contributed by atoms with Crippen molar-refractivity contribution in [3.8, 4) is 0 Å². The van der Waals surface area contributed by atoms with E-state index in [1.54, 1.807) is 4.90 Å². The van der Waals surface area contributed by atoms with Crippen LogP contribution in [0.15, 0.2) is 0 Å². The van der Waals surface area contributed by atoms with Gasteiger partial charge in [-0.1, -0.05) is 13.8 Å². The number of ether oxygens (including phenoxy) is 1. The van der Waals surface area contributed by atoms with Crippen LogP contribution in [0.3, 0.4) is 0 Å². The number of hydrogen-bond acceptors (Lipinski definition) is 3. The number of nitrogens with one attached hydrogen (secondary N) is 1. The zero-order chi connectivity index (χ0) is 14.4. The van der Waals surface area contributed by atoms with Crippen molar-refractivity contribution in [2.75, 3.05) is 26.7 Å². The van der Waals surface area contributed by atoms with Gasteiger partial charge in [-0.05, 0) is 18.3 Å². The normalized spacial score (nSPS) is 24.9. The van der Waals surface area contributed by atoms with Gasteiger partial charge in [0.1, 0.15) is 0 Å². The van der Waals surface area contributed by atoms with Gasteiger partial charge in [-0.15, -0.1) is 0 Å². The van der Waals surface area contributed by atoms with Crippen LogP contribution in [-0.4, -0.2) is 54.9 Å². The Balaban J connectivity index is 2.36. The summed E-state index contributed by atoms with van der Waals surface area (Å²) in [6.45, 7) is 6.08. The lowest BCUT2D eigenvalue weighted by Gasteiger charge is -2.35. The maximum atomic E-state index is 12.0. The minimum atomic E-state index is -0.929. The van der Waals surface area contributed by atoms with Crippen molar-refractivity contribution in [1.82, 2.24) is 10.2 Å². The largest absolute Gasteiger partial charge is 0.481 e. The van der Waals surface area contributed by atoms with Crippen molar-refractivity contribution >= 4 is 12.0 Å². The summed E-state index contributed by atoms with van der Waals surface area (Å²) in [5, 5.41) is 11.4. The number of piperidine rings is 1. The average molecular weight is 272 g/mol. The molecular formula is C13H24N2O4. The molecule has 0 aromatic heterocycles. The van der Waals surface area contributed by atoms with Crippen molar-refractivity contribution in [2.24, 2.45) is 11.8 Å². The monoisotopic (exact) mass is 272 g/mol. The molecule has 1 aliphatic rings. The molecule has 0 aliphatic carbocycles. The van der Waals surface area contributed by atoms with E-state index in [4.69, 9.17) is 9.84 Å². The van der Waals surface area contributed by atoms with Gasteiger partial charge >= 0.3 is 12.0 Å². The maximum Gasteiger partial charge on any atom is 0.317 e. The first-order valence-electron chi connectivity index (χ1n) is 6.71. The molecule has 1 aliphatic heterocycles. The molecule has 1 rings (SSSR count). The van der Waals surface area contributed by atoms with E-state index in [1.165, 1.54) is 7.11 Å². The molecule has 110 valence electrons. The molecular weight excluding hydrogens is 248 g/mol. The van der Waals surface area contributed by atoms with Crippen molar-refractivity contribution in [1.29, 1.82) is 0 Å². The number of carboxylic acid groups (broad SMARTS) is 1. The minimum Gasteiger partial charge on any atom is -0.481 e. The number of aliphatic carboxylic acids is 1. The highest BCUT2D eigenvalue weighted by atomic mass is 16.5. The van der Waals surface area contributed by atoms with Crippen molar-refractivity contribution in [3.63, 3.8) is 0 Å². The molecule has 1 heterocycles. The second kappa shape index (κ2) is 7.33. The Labute approximate surface area is 114 Å². The van der Waals surface area contributed by atoms with Crippen LogP contribution in [0.2, 0.25) is 0 Å². The van der Waals surface area contributed by atoms with Gasteiger partial charge in [-0.3, -0.25) is 4.79 Å². The molecule has 3 atom stereocenters. The molecule has 1 saturated heterocycles. The fraction of sp³-hybridized carbons (Fsp3) is 0.846. The molecule has 6 heteroatoms. The predicted octanol–water partition coefficient (Wildman–Crippen LogP) is 1.16. The molecule has 2 N–H and O–H groups in total. The third kappa shape index (κ3) is 5.06. The fourth-order valence-corrected chi connectivity index (χ4v) is 2.19. The van der Waals surface area contributed by atoms with Gasteiger partial charge in [0, 0.05) is 26.7 Å². The maximum absolute atomic E-state index is 12.0. The number of methoxy groups -OCH3 is 1. The summed E-state index contributed by atoms with van der Waals surface area (Å²) >= 11 is 0. The van der Waals surface area contributed by atoms with E-state index in [1.807, 2.05) is 0 Å². The first-order valence-corrected chi connectivity index (χ1v) is 6.71. The van der Waals surface area contributed by atoms with Gasteiger partial charge in [0.2, 0.25) is 0 Å². The molecule has 0 radical (unpaired) electrons. The Hall–Kier alpha value is -1.30. The lowest BCUT2D eigenvalue weighted by atomic mass is 9.89. The number of nitrogens with zero attached hydrogens (tertiary/aromatic N) is 1. The molecule has 19 heavy (non-hydrogen) atoms. The number of carbonyl (C=O) groups is 2. The Morgan fingerprint density at radius 2 is 2.11 bits per heavy atom. The quantitative estimate of drug-likeness (QED) is 0.787. The van der Waals surface area contributed by atoms with Crippen LogP contribution in [0, 0.1) is 11.8 Å². The molecule has 0 aromatic carbocycles. The lowest BCUT2D eigenvalue weighted by Crippen LogP contribution is -2.48. The van der Waals surface area contributed by atoms with Gasteiger partial charge in [-0.25, -0.2) is 4.79 Å². The number of rotatable bonds is 5. The Kier molecular flexibility index (Phi) is 6.08. The molecule has 0 saturated carbocycles. The Morgan fingerprint density at radius 3 is 2.63 bits per heavy atom. The van der Waals surface area contributed by atoms with E-state index in [0.717, 1.165) is 19.5 Å². The van der Waals surface area contributed by atoms with Crippen LogP contribution in [0.4, 0.5) is 4.79 Å². The van der Waals surface area contributed by atoms with E-state index in [2.05, 4.69) is 19.2 Å². The number of carbonyl (C=O) groups excluding carboxylic acids is 1. The van der Waals surface area contributed by atoms with Gasteiger partial charge < -0.3 is 20.1 Å². The minimum absolute atomic E-state index is 0.107. The van der Waals surface area contributed by atoms with Crippen LogP contribution in [0.5, 0.6) is 0 Å². The molecule has 1 fully saturated rings. The number of carboxylic acids is 1. The molecule has 6 nitrogen and oxygen atoms in total. The summed E-state index contributed by atoms with van der Waals surface area (Å²) in [5.41, 5.74) is 0. The summed E-state index contributed by atoms with van der Waals surface area (Å²) in [6.07, 6.45) is 0.421. The van der Waals surface area contributed by atoms with Crippen LogP contribution in [0.25, 0.3) is 0 Å². The summed E-state index contributed by atoms with van der Waals surface area (Å²) in [6, 6.07) is -0.133. The number of urea groups is 1. The smallest absolute Gasteiger partial charge is 0.317 e. The first-order chi connectivity index (χ1) is 8.93. The van der Waals surface area contributed by atoms with E-state index < -0.39 is 12.1 Å². The highest BCUT2D eigenvalue weighted by Gasteiger charge is 2.26. The van der Waals surface area contributed by atoms with Crippen LogP contribution in [0.1, 0.15) is 26.7 Å². The lowest BCUT2D eigenvalue weighted by molar-refractivity contribution is -0.139. The van der Waals surface area contributed by atoms with Gasteiger partial charge in [0.25, 0.3) is 0 Å². The standard InChI is InChI=1S/C13H24N2O4/c1-9-4-5-15(8-10(9)2)13(18)14-7-11(19-3)6-12(16)17/h9-11H,4-8H2,1-3H3,(H,14,18)(H,16,17). The van der Waals surface area contributed by atoms with E-state index in [0.29, 0.717) is 11.8 Å². The summed E-state index contributed by atoms with van der Waals surface area (Å²) in [7, 11) is 1.45. The van der Waals surface area contributed by atoms with Crippen molar-refractivity contribution in [2.45, 2.75) is 32.8 Å². The first kappa shape index (κ1) is 15.8. The molecule has 0 aromatic rings. The fourth-order valence-electron chi connectivity index (χ4n) is 2.19. The zero-order valence-electron chi connectivity index (χ0n) is 11.9. The highest BCUT2D eigenvalue weighted by molar-refractivity contribution is 5.74. The third-order valence-electron chi connectivity index (χ3n) is 3.84. The Bertz CT molecular complexity index is 322. The zero-order valence-corrected chi connectivity index (χ0v) is 11.9. The van der Waals surface area contributed by atoms with E-state index in [-0.39, 0.29) is 19.0 Å². The summed E-state index contributed by atoms with van der Waals surface area (Å²) in [4.78, 5) is 24.3. The number of hydrogen-bond donors (Lipinski definition) is 2. The molecule has 0 bridgehead atoms. The van der Waals surface area contributed by atoms with Crippen LogP contribution >= 0.6 is 0 Å². The summed E-state index contributed by atoms with van der Waals surface area (Å²) < 4.78 is 5.02. The third-order valence-corrected chi connectivity index (χ3v) is 3.84. The second-order valence-corrected chi connectivity index (χ2v) is 5.33. The van der Waals surface area contributed by atoms with Crippen molar-refractivity contribution < 1.29 is 19.4 Å². The van der Waals surface area contributed by atoms with Crippen LogP contribution < -0.4 is 5.32 Å². The average Bonchev–Trinajstić information content (AvgIpc) is 2.36. The number of likely N-dealkylation sites (tertiary alicyclic amines) is 1. The van der Waals surface area contributed by atoms with Gasteiger partial charge in [0.15, 0.2) is 0 Å². The van der Waals surface area contributed by atoms with Crippen LogP contribution in [-0.2, 0) is 9.53 Å². The topological polar surface area (TPSA) is 78.9 Å². The second-order valence-electron chi connectivity index (χ2n) is 5.33.